The van der Waals surface area contributed by atoms with E-state index in [2.05, 4.69) is 5.32 Å². The molecule has 19 heavy (non-hydrogen) atoms. The summed E-state index contributed by atoms with van der Waals surface area (Å²) in [4.78, 5) is 14.3. The number of amides is 1. The number of piperidine rings is 1. The predicted octanol–water partition coefficient (Wildman–Crippen LogP) is 3.52. The van der Waals surface area contributed by atoms with Gasteiger partial charge < -0.3 is 10.2 Å². The molecule has 1 atom stereocenters. The van der Waals surface area contributed by atoms with Crippen LogP contribution in [0.15, 0.2) is 6.07 Å². The lowest BCUT2D eigenvalue weighted by Gasteiger charge is -2.29. The molecular weight excluding hydrogens is 303 g/mol. The molecule has 0 radical (unpaired) electrons. The molecule has 1 unspecified atom stereocenters. The van der Waals surface area contributed by atoms with Crippen molar-refractivity contribution in [2.45, 2.75) is 19.8 Å². The van der Waals surface area contributed by atoms with Gasteiger partial charge in [-0.2, -0.15) is 0 Å². The van der Waals surface area contributed by atoms with Crippen LogP contribution in [-0.2, 0) is 0 Å². The SMILES string of the molecule is CCN(CC1CCCNC1)C(=O)c1cc(Cl)sc1Cl. The standard InChI is InChI=1S/C13H18Cl2N2OS/c1-2-17(8-9-4-3-5-16-7-9)13(18)10-6-11(14)19-12(10)15/h6,9,16H,2-5,7-8H2,1H3. The van der Waals surface area contributed by atoms with Gasteiger partial charge in [0.25, 0.3) is 5.91 Å². The molecule has 0 bridgehead atoms. The fourth-order valence-corrected chi connectivity index (χ4v) is 3.85. The Morgan fingerprint density at radius 1 is 1.58 bits per heavy atom. The lowest BCUT2D eigenvalue weighted by Crippen LogP contribution is -2.41. The van der Waals surface area contributed by atoms with E-state index in [0.717, 1.165) is 19.6 Å². The van der Waals surface area contributed by atoms with Gasteiger partial charge in [-0.3, -0.25) is 4.79 Å². The first-order valence-electron chi connectivity index (χ1n) is 6.56. The molecule has 1 aliphatic heterocycles. The van der Waals surface area contributed by atoms with Crippen LogP contribution in [0.3, 0.4) is 0 Å². The molecule has 1 aromatic heterocycles. The van der Waals surface area contributed by atoms with Crippen LogP contribution in [0, 0.1) is 5.92 Å². The molecule has 1 amide bonds. The second-order valence-electron chi connectivity index (χ2n) is 4.79. The Bertz CT molecular complexity index is 444. The van der Waals surface area contributed by atoms with Gasteiger partial charge in [-0.05, 0) is 44.8 Å². The minimum Gasteiger partial charge on any atom is -0.339 e. The Morgan fingerprint density at radius 2 is 2.37 bits per heavy atom. The Balaban J connectivity index is 2.04. The molecule has 6 heteroatoms. The third-order valence-electron chi connectivity index (χ3n) is 3.43. The van der Waals surface area contributed by atoms with E-state index in [4.69, 9.17) is 23.2 Å². The number of carbonyl (C=O) groups excluding carboxylic acids is 1. The number of nitrogens with one attached hydrogen (secondary N) is 1. The quantitative estimate of drug-likeness (QED) is 0.920. The Kier molecular flexibility index (Phi) is 5.51. The van der Waals surface area contributed by atoms with Crippen LogP contribution < -0.4 is 5.32 Å². The number of nitrogens with zero attached hydrogens (tertiary/aromatic N) is 1. The Morgan fingerprint density at radius 3 is 2.89 bits per heavy atom. The van der Waals surface area contributed by atoms with E-state index in [1.165, 1.54) is 24.2 Å². The summed E-state index contributed by atoms with van der Waals surface area (Å²) in [5.41, 5.74) is 0.530. The minimum atomic E-state index is -0.0128. The Labute approximate surface area is 127 Å². The summed E-state index contributed by atoms with van der Waals surface area (Å²) in [6.45, 7) is 5.55. The molecule has 2 rings (SSSR count). The van der Waals surface area contributed by atoms with Crippen LogP contribution in [0.2, 0.25) is 8.67 Å². The Hall–Kier alpha value is -0.290. The maximum absolute atomic E-state index is 12.5. The van der Waals surface area contributed by atoms with Gasteiger partial charge in [0, 0.05) is 13.1 Å². The van der Waals surface area contributed by atoms with Crippen molar-refractivity contribution in [3.05, 3.63) is 20.3 Å². The summed E-state index contributed by atoms with van der Waals surface area (Å²) in [6, 6.07) is 1.67. The number of thiophene rings is 1. The van der Waals surface area contributed by atoms with Crippen molar-refractivity contribution in [2.24, 2.45) is 5.92 Å². The monoisotopic (exact) mass is 320 g/mol. The molecule has 1 fully saturated rings. The molecule has 0 spiro atoms. The smallest absolute Gasteiger partial charge is 0.256 e. The third-order valence-corrected chi connectivity index (χ3v) is 4.92. The number of halogens is 2. The van der Waals surface area contributed by atoms with Crippen LogP contribution in [0.25, 0.3) is 0 Å². The fraction of sp³-hybridized carbons (Fsp3) is 0.615. The largest absolute Gasteiger partial charge is 0.339 e. The van der Waals surface area contributed by atoms with E-state index in [-0.39, 0.29) is 5.91 Å². The summed E-state index contributed by atoms with van der Waals surface area (Å²) >= 11 is 13.2. The van der Waals surface area contributed by atoms with E-state index in [0.29, 0.717) is 26.7 Å². The van der Waals surface area contributed by atoms with E-state index >= 15 is 0 Å². The van der Waals surface area contributed by atoms with Gasteiger partial charge in [-0.1, -0.05) is 23.2 Å². The maximum Gasteiger partial charge on any atom is 0.256 e. The summed E-state index contributed by atoms with van der Waals surface area (Å²) in [6.07, 6.45) is 2.36. The van der Waals surface area contributed by atoms with Gasteiger partial charge in [0.05, 0.1) is 9.90 Å². The number of rotatable bonds is 4. The average molecular weight is 321 g/mol. The zero-order valence-corrected chi connectivity index (χ0v) is 13.2. The maximum atomic E-state index is 12.5. The van der Waals surface area contributed by atoms with Gasteiger partial charge in [0.1, 0.15) is 4.34 Å². The van der Waals surface area contributed by atoms with Crippen LogP contribution in [0.5, 0.6) is 0 Å². The van der Waals surface area contributed by atoms with Crippen molar-refractivity contribution >= 4 is 40.4 Å². The lowest BCUT2D eigenvalue weighted by molar-refractivity contribution is 0.0730. The van der Waals surface area contributed by atoms with Gasteiger partial charge >= 0.3 is 0 Å². The highest BCUT2D eigenvalue weighted by Gasteiger charge is 2.23. The fourth-order valence-electron chi connectivity index (χ4n) is 2.40. The second kappa shape index (κ2) is 6.93. The molecule has 1 aromatic rings. The van der Waals surface area contributed by atoms with Gasteiger partial charge in [-0.25, -0.2) is 0 Å². The van der Waals surface area contributed by atoms with E-state index < -0.39 is 0 Å². The van der Waals surface area contributed by atoms with Crippen LogP contribution in [0.4, 0.5) is 0 Å². The van der Waals surface area contributed by atoms with Crippen LogP contribution in [-0.4, -0.2) is 37.0 Å². The molecule has 2 heterocycles. The molecule has 1 N–H and O–H groups in total. The van der Waals surface area contributed by atoms with Gasteiger partial charge in [-0.15, -0.1) is 11.3 Å². The molecule has 1 saturated heterocycles. The van der Waals surface area contributed by atoms with Gasteiger partial charge in [0.15, 0.2) is 0 Å². The zero-order chi connectivity index (χ0) is 13.8. The minimum absolute atomic E-state index is 0.0128. The second-order valence-corrected chi connectivity index (χ2v) is 7.08. The van der Waals surface area contributed by atoms with Crippen molar-refractivity contribution in [3.8, 4) is 0 Å². The first-order valence-corrected chi connectivity index (χ1v) is 8.14. The highest BCUT2D eigenvalue weighted by Crippen LogP contribution is 2.32. The summed E-state index contributed by atoms with van der Waals surface area (Å²) in [7, 11) is 0. The molecule has 106 valence electrons. The summed E-state index contributed by atoms with van der Waals surface area (Å²) in [5, 5.41) is 3.38. The summed E-state index contributed by atoms with van der Waals surface area (Å²) in [5.74, 6) is 0.520. The molecule has 0 saturated carbocycles. The number of carbonyl (C=O) groups is 1. The van der Waals surface area contributed by atoms with Crippen molar-refractivity contribution in [1.29, 1.82) is 0 Å². The third kappa shape index (κ3) is 3.85. The average Bonchev–Trinajstić information content (AvgIpc) is 2.75. The number of hydrogen-bond acceptors (Lipinski definition) is 3. The highest BCUT2D eigenvalue weighted by molar-refractivity contribution is 7.20. The van der Waals surface area contributed by atoms with Crippen molar-refractivity contribution in [1.82, 2.24) is 10.2 Å². The van der Waals surface area contributed by atoms with Crippen molar-refractivity contribution in [2.75, 3.05) is 26.2 Å². The van der Waals surface area contributed by atoms with Crippen LogP contribution in [0.1, 0.15) is 30.1 Å². The number of hydrogen-bond donors (Lipinski definition) is 1. The lowest BCUT2D eigenvalue weighted by atomic mass is 9.99. The molecule has 1 aliphatic rings. The first kappa shape index (κ1) is 15.1. The molecule has 0 aromatic carbocycles. The van der Waals surface area contributed by atoms with Crippen LogP contribution >= 0.6 is 34.5 Å². The normalized spacial score (nSPS) is 19.4. The molecular formula is C13H18Cl2N2OS. The van der Waals surface area contributed by atoms with Gasteiger partial charge in [0.2, 0.25) is 0 Å². The highest BCUT2D eigenvalue weighted by atomic mass is 35.5. The zero-order valence-electron chi connectivity index (χ0n) is 10.9. The van der Waals surface area contributed by atoms with E-state index in [1.807, 2.05) is 11.8 Å². The molecule has 3 nitrogen and oxygen atoms in total. The summed E-state index contributed by atoms with van der Waals surface area (Å²) < 4.78 is 1.04. The predicted molar refractivity (Wildman–Crippen MR) is 81.5 cm³/mol. The first-order chi connectivity index (χ1) is 9.11. The topological polar surface area (TPSA) is 32.3 Å². The van der Waals surface area contributed by atoms with E-state index in [1.54, 1.807) is 6.07 Å². The van der Waals surface area contributed by atoms with Crippen molar-refractivity contribution < 1.29 is 4.79 Å². The van der Waals surface area contributed by atoms with E-state index in [9.17, 15) is 4.79 Å². The van der Waals surface area contributed by atoms with Crippen molar-refractivity contribution in [3.63, 3.8) is 0 Å². The molecule has 0 aliphatic carbocycles.